The summed E-state index contributed by atoms with van der Waals surface area (Å²) in [6.07, 6.45) is 0. The van der Waals surface area contributed by atoms with Crippen LogP contribution in [0.1, 0.15) is 24.3 Å². The molecule has 1 heterocycles. The Hall–Kier alpha value is -0.820. The van der Waals surface area contributed by atoms with E-state index in [1.165, 1.54) is 4.88 Å². The van der Waals surface area contributed by atoms with E-state index in [2.05, 4.69) is 31.8 Å². The predicted octanol–water partition coefficient (Wildman–Crippen LogP) is 2.23. The van der Waals surface area contributed by atoms with Crippen LogP contribution in [0.2, 0.25) is 0 Å². The van der Waals surface area contributed by atoms with Crippen LogP contribution in [0.4, 0.5) is 0 Å². The molecule has 0 unspecified atom stereocenters. The smallest absolute Gasteiger partial charge is 0.0809 e. The fraction of sp³-hybridized carbons (Fsp3) is 0.500. The van der Waals surface area contributed by atoms with Crippen LogP contribution >= 0.6 is 11.3 Å². The fourth-order valence-electron chi connectivity index (χ4n) is 1.07. The van der Waals surface area contributed by atoms with Crippen LogP contribution in [0.5, 0.6) is 0 Å². The quantitative estimate of drug-likeness (QED) is 0.794. The van der Waals surface area contributed by atoms with Crippen LogP contribution < -0.4 is 5.73 Å². The molecule has 2 N–H and O–H groups in total. The van der Waals surface area contributed by atoms with E-state index in [9.17, 15) is 0 Å². The van der Waals surface area contributed by atoms with Crippen molar-refractivity contribution in [3.8, 4) is 11.8 Å². The molecule has 0 fully saturated rings. The molecular weight excluding hydrogens is 206 g/mol. The Kier molecular flexibility index (Phi) is 5.41. The lowest BCUT2D eigenvalue weighted by atomic mass is 10.2. The Morgan fingerprint density at radius 3 is 3.00 bits per heavy atom. The van der Waals surface area contributed by atoms with Crippen LogP contribution in [0.3, 0.4) is 0 Å². The molecule has 0 aliphatic carbocycles. The number of nitrogens with two attached hydrogens (primary N) is 1. The molecule has 0 saturated heterocycles. The Balaban J connectivity index is 2.39. The third kappa shape index (κ3) is 4.98. The van der Waals surface area contributed by atoms with E-state index in [1.54, 1.807) is 11.3 Å². The van der Waals surface area contributed by atoms with Gasteiger partial charge in [-0.25, -0.2) is 0 Å². The van der Waals surface area contributed by atoms with Crippen LogP contribution in [0.25, 0.3) is 0 Å². The number of ether oxygens (including phenoxy) is 1. The van der Waals surface area contributed by atoms with Crippen molar-refractivity contribution >= 4 is 11.3 Å². The van der Waals surface area contributed by atoms with Gasteiger partial charge in [0.05, 0.1) is 13.2 Å². The highest BCUT2D eigenvalue weighted by Gasteiger charge is 1.99. The van der Waals surface area contributed by atoms with Crippen LogP contribution in [0, 0.1) is 17.8 Å². The van der Waals surface area contributed by atoms with Crippen molar-refractivity contribution in [3.63, 3.8) is 0 Å². The Morgan fingerprint density at radius 2 is 2.33 bits per heavy atom. The highest BCUT2D eigenvalue weighted by Crippen LogP contribution is 2.15. The van der Waals surface area contributed by atoms with Gasteiger partial charge in [-0.2, -0.15) is 0 Å². The second kappa shape index (κ2) is 6.62. The predicted molar refractivity (Wildman–Crippen MR) is 64.7 cm³/mol. The van der Waals surface area contributed by atoms with Crippen molar-refractivity contribution in [3.05, 3.63) is 21.9 Å². The van der Waals surface area contributed by atoms with E-state index >= 15 is 0 Å². The minimum absolute atomic E-state index is 0.412. The van der Waals surface area contributed by atoms with Crippen molar-refractivity contribution in [2.45, 2.75) is 20.5 Å². The molecular formula is C12H17NOS. The van der Waals surface area contributed by atoms with Gasteiger partial charge in [-0.05, 0) is 12.0 Å². The van der Waals surface area contributed by atoms with Crippen molar-refractivity contribution in [1.29, 1.82) is 0 Å². The van der Waals surface area contributed by atoms with Gasteiger partial charge in [0, 0.05) is 22.4 Å². The van der Waals surface area contributed by atoms with Gasteiger partial charge >= 0.3 is 0 Å². The molecule has 0 atom stereocenters. The maximum atomic E-state index is 5.54. The summed E-state index contributed by atoms with van der Waals surface area (Å²) >= 11 is 1.68. The van der Waals surface area contributed by atoms with E-state index in [1.807, 2.05) is 5.38 Å². The van der Waals surface area contributed by atoms with E-state index < -0.39 is 0 Å². The minimum atomic E-state index is 0.412. The van der Waals surface area contributed by atoms with Gasteiger partial charge < -0.3 is 10.5 Å². The number of thiophene rings is 1. The van der Waals surface area contributed by atoms with Crippen LogP contribution in [0.15, 0.2) is 11.4 Å². The van der Waals surface area contributed by atoms with E-state index in [0.717, 1.165) is 12.2 Å². The first-order chi connectivity index (χ1) is 7.22. The molecule has 0 saturated carbocycles. The molecule has 0 amide bonds. The average Bonchev–Trinajstić information content (AvgIpc) is 2.62. The first kappa shape index (κ1) is 12.3. The number of hydrogen-bond donors (Lipinski definition) is 1. The molecule has 0 bridgehead atoms. The largest absolute Gasteiger partial charge is 0.376 e. The van der Waals surface area contributed by atoms with Crippen molar-refractivity contribution in [2.24, 2.45) is 11.7 Å². The summed E-state index contributed by atoms with van der Waals surface area (Å²) in [4.78, 5) is 1.22. The Morgan fingerprint density at radius 1 is 1.53 bits per heavy atom. The summed E-state index contributed by atoms with van der Waals surface area (Å²) in [6, 6.07) is 2.06. The summed E-state index contributed by atoms with van der Waals surface area (Å²) in [5.41, 5.74) is 6.34. The fourth-order valence-corrected chi connectivity index (χ4v) is 1.82. The molecule has 15 heavy (non-hydrogen) atoms. The van der Waals surface area contributed by atoms with E-state index in [-0.39, 0.29) is 0 Å². The molecule has 0 aliphatic rings. The van der Waals surface area contributed by atoms with Gasteiger partial charge in [0.25, 0.3) is 0 Å². The zero-order valence-electron chi connectivity index (χ0n) is 9.25. The lowest BCUT2D eigenvalue weighted by molar-refractivity contribution is 0.0989. The standard InChI is InChI=1S/C12H17NOS/c1-10(2)7-14-8-12-6-11(9-15-12)4-3-5-13/h6,9-10H,5,7-8,13H2,1-2H3. The molecule has 2 nitrogen and oxygen atoms in total. The summed E-state index contributed by atoms with van der Waals surface area (Å²) < 4.78 is 5.54. The topological polar surface area (TPSA) is 35.2 Å². The average molecular weight is 223 g/mol. The first-order valence-electron chi connectivity index (χ1n) is 5.06. The van der Waals surface area contributed by atoms with E-state index in [0.29, 0.717) is 19.1 Å². The summed E-state index contributed by atoms with van der Waals surface area (Å²) in [5.74, 6) is 6.42. The zero-order chi connectivity index (χ0) is 11.1. The maximum absolute atomic E-state index is 5.54. The highest BCUT2D eigenvalue weighted by molar-refractivity contribution is 7.10. The molecule has 0 spiro atoms. The molecule has 3 heteroatoms. The van der Waals surface area contributed by atoms with Gasteiger partial charge in [-0.3, -0.25) is 0 Å². The maximum Gasteiger partial charge on any atom is 0.0809 e. The Bertz CT molecular complexity index is 346. The lowest BCUT2D eigenvalue weighted by Crippen LogP contribution is -2.00. The Labute approximate surface area is 95.4 Å². The lowest BCUT2D eigenvalue weighted by Gasteiger charge is -2.04. The number of rotatable bonds is 4. The molecule has 0 aliphatic heterocycles. The van der Waals surface area contributed by atoms with Crippen LogP contribution in [-0.2, 0) is 11.3 Å². The van der Waals surface area contributed by atoms with Gasteiger partial charge in [-0.1, -0.05) is 25.7 Å². The van der Waals surface area contributed by atoms with Gasteiger partial charge in [0.2, 0.25) is 0 Å². The second-order valence-corrected chi connectivity index (χ2v) is 4.71. The molecule has 82 valence electrons. The molecule has 1 rings (SSSR count). The summed E-state index contributed by atoms with van der Waals surface area (Å²) in [7, 11) is 0. The SMILES string of the molecule is CC(C)COCc1cc(C#CCN)cs1. The van der Waals surface area contributed by atoms with Gasteiger partial charge in [0.1, 0.15) is 0 Å². The van der Waals surface area contributed by atoms with Crippen molar-refractivity contribution in [1.82, 2.24) is 0 Å². The van der Waals surface area contributed by atoms with Gasteiger partial charge in [0.15, 0.2) is 0 Å². The normalized spacial score (nSPS) is 10.1. The minimum Gasteiger partial charge on any atom is -0.376 e. The monoisotopic (exact) mass is 223 g/mol. The van der Waals surface area contributed by atoms with Crippen molar-refractivity contribution in [2.75, 3.05) is 13.2 Å². The zero-order valence-corrected chi connectivity index (χ0v) is 10.1. The summed E-state index contributed by atoms with van der Waals surface area (Å²) in [6.45, 7) is 6.20. The van der Waals surface area contributed by atoms with Gasteiger partial charge in [-0.15, -0.1) is 11.3 Å². The first-order valence-corrected chi connectivity index (χ1v) is 5.94. The van der Waals surface area contributed by atoms with Crippen LogP contribution in [-0.4, -0.2) is 13.2 Å². The molecule has 1 aromatic heterocycles. The second-order valence-electron chi connectivity index (χ2n) is 3.72. The van der Waals surface area contributed by atoms with Crippen molar-refractivity contribution < 1.29 is 4.74 Å². The molecule has 0 aromatic carbocycles. The highest BCUT2D eigenvalue weighted by atomic mass is 32.1. The summed E-state index contributed by atoms with van der Waals surface area (Å²) in [5, 5.41) is 2.04. The third-order valence-electron chi connectivity index (χ3n) is 1.68. The third-order valence-corrected chi connectivity index (χ3v) is 2.59. The van der Waals surface area contributed by atoms with E-state index in [4.69, 9.17) is 10.5 Å². The molecule has 0 radical (unpaired) electrons. The molecule has 1 aromatic rings. The number of hydrogen-bond acceptors (Lipinski definition) is 3.